The molecule has 0 amide bonds. The summed E-state index contributed by atoms with van der Waals surface area (Å²) < 4.78 is 0. The van der Waals surface area contributed by atoms with Crippen molar-refractivity contribution in [1.82, 2.24) is 4.90 Å². The molecule has 0 aliphatic rings. The predicted octanol–water partition coefficient (Wildman–Crippen LogP) is 3.89. The Hall–Kier alpha value is -0.370. The third-order valence-corrected chi connectivity index (χ3v) is 3.59. The molecule has 0 rings (SSSR count). The van der Waals surface area contributed by atoms with Crippen molar-refractivity contribution in [3.8, 4) is 0 Å². The Morgan fingerprint density at radius 3 is 2.12 bits per heavy atom. The highest BCUT2D eigenvalue weighted by Crippen LogP contribution is 2.14. The summed E-state index contributed by atoms with van der Waals surface area (Å²) in [6, 6.07) is 0.156. The summed E-state index contributed by atoms with van der Waals surface area (Å²) in [6.07, 6.45) is 5.68. The minimum absolute atomic E-state index is 0.156. The fraction of sp³-hybridized carbons (Fsp3) is 0.933. The summed E-state index contributed by atoms with van der Waals surface area (Å²) in [5.74, 6) is 1.10. The van der Waals surface area contributed by atoms with Gasteiger partial charge in [0, 0.05) is 0 Å². The zero-order valence-corrected chi connectivity index (χ0v) is 12.5. The lowest BCUT2D eigenvalue weighted by Crippen LogP contribution is -2.41. The summed E-state index contributed by atoms with van der Waals surface area (Å²) in [5.41, 5.74) is 0. The van der Waals surface area contributed by atoms with E-state index < -0.39 is 0 Å². The normalized spacial score (nSPS) is 14.9. The summed E-state index contributed by atoms with van der Waals surface area (Å²) in [4.78, 5) is 14.1. The molecular weight excluding hydrogens is 210 g/mol. The fourth-order valence-corrected chi connectivity index (χ4v) is 2.22. The van der Waals surface area contributed by atoms with Gasteiger partial charge in [-0.15, -0.1) is 0 Å². The molecule has 2 nitrogen and oxygen atoms in total. The van der Waals surface area contributed by atoms with Crippen molar-refractivity contribution in [2.75, 3.05) is 13.1 Å². The average molecular weight is 241 g/mol. The molecule has 2 atom stereocenters. The number of ketones is 1. The van der Waals surface area contributed by atoms with E-state index in [-0.39, 0.29) is 6.04 Å². The Morgan fingerprint density at radius 2 is 1.71 bits per heavy atom. The molecule has 0 spiro atoms. The van der Waals surface area contributed by atoms with Gasteiger partial charge in [-0.25, -0.2) is 0 Å². The van der Waals surface area contributed by atoms with E-state index in [1.54, 1.807) is 6.92 Å². The number of rotatable bonds is 10. The van der Waals surface area contributed by atoms with Crippen LogP contribution < -0.4 is 0 Å². The molecule has 2 heteroatoms. The number of hydrogen-bond donors (Lipinski definition) is 0. The van der Waals surface area contributed by atoms with Gasteiger partial charge in [0.2, 0.25) is 0 Å². The molecule has 0 aliphatic carbocycles. The summed E-state index contributed by atoms with van der Waals surface area (Å²) in [6.45, 7) is 12.8. The van der Waals surface area contributed by atoms with Gasteiger partial charge in [0.1, 0.15) is 5.78 Å². The van der Waals surface area contributed by atoms with E-state index in [9.17, 15) is 4.79 Å². The lowest BCUT2D eigenvalue weighted by molar-refractivity contribution is -0.122. The van der Waals surface area contributed by atoms with Crippen molar-refractivity contribution in [1.29, 1.82) is 0 Å². The van der Waals surface area contributed by atoms with Crippen LogP contribution in [-0.2, 0) is 4.79 Å². The van der Waals surface area contributed by atoms with Gasteiger partial charge >= 0.3 is 0 Å². The third-order valence-electron chi connectivity index (χ3n) is 3.59. The second-order valence-corrected chi connectivity index (χ2v) is 5.25. The van der Waals surface area contributed by atoms with Gasteiger partial charge in [0.15, 0.2) is 0 Å². The molecule has 2 unspecified atom stereocenters. The van der Waals surface area contributed by atoms with Crippen molar-refractivity contribution < 1.29 is 4.79 Å². The number of nitrogens with zero attached hydrogens (tertiary/aromatic N) is 1. The molecular formula is C15H31NO. The largest absolute Gasteiger partial charge is 0.298 e. The van der Waals surface area contributed by atoms with Crippen LogP contribution in [0.3, 0.4) is 0 Å². The maximum Gasteiger partial charge on any atom is 0.146 e. The highest BCUT2D eigenvalue weighted by Gasteiger charge is 2.21. The van der Waals surface area contributed by atoms with Gasteiger partial charge in [-0.1, -0.05) is 40.5 Å². The molecule has 0 N–H and O–H groups in total. The highest BCUT2D eigenvalue weighted by atomic mass is 16.1. The van der Waals surface area contributed by atoms with Crippen molar-refractivity contribution in [3.05, 3.63) is 0 Å². The molecule has 0 bridgehead atoms. The molecule has 0 saturated heterocycles. The van der Waals surface area contributed by atoms with Gasteiger partial charge in [-0.3, -0.25) is 9.69 Å². The van der Waals surface area contributed by atoms with Gasteiger partial charge in [-0.05, 0) is 45.2 Å². The molecule has 0 aromatic rings. The lowest BCUT2D eigenvalue weighted by Gasteiger charge is -2.30. The Labute approximate surface area is 108 Å². The number of Topliss-reactive ketones (excluding diaryl/α,β-unsaturated/α-hetero) is 1. The van der Waals surface area contributed by atoms with E-state index >= 15 is 0 Å². The van der Waals surface area contributed by atoms with Crippen molar-refractivity contribution in [2.24, 2.45) is 5.92 Å². The highest BCUT2D eigenvalue weighted by molar-refractivity contribution is 5.81. The van der Waals surface area contributed by atoms with Crippen LogP contribution in [0.4, 0.5) is 0 Å². The number of hydrogen-bond acceptors (Lipinski definition) is 2. The molecule has 0 fully saturated rings. The minimum atomic E-state index is 0.156. The fourth-order valence-electron chi connectivity index (χ4n) is 2.22. The summed E-state index contributed by atoms with van der Waals surface area (Å²) in [7, 11) is 0. The zero-order chi connectivity index (χ0) is 13.3. The Kier molecular flexibility index (Phi) is 9.43. The lowest BCUT2D eigenvalue weighted by atomic mass is 10.0. The first-order valence-corrected chi connectivity index (χ1v) is 7.31. The molecule has 17 heavy (non-hydrogen) atoms. The third kappa shape index (κ3) is 6.82. The van der Waals surface area contributed by atoms with Crippen LogP contribution in [0.1, 0.15) is 66.7 Å². The van der Waals surface area contributed by atoms with Crippen molar-refractivity contribution in [3.63, 3.8) is 0 Å². The van der Waals surface area contributed by atoms with Gasteiger partial charge in [0.25, 0.3) is 0 Å². The van der Waals surface area contributed by atoms with Crippen LogP contribution in [0.5, 0.6) is 0 Å². The predicted molar refractivity (Wildman–Crippen MR) is 75.3 cm³/mol. The zero-order valence-electron chi connectivity index (χ0n) is 12.5. The monoisotopic (exact) mass is 241 g/mol. The van der Waals surface area contributed by atoms with Crippen LogP contribution in [0.25, 0.3) is 0 Å². The van der Waals surface area contributed by atoms with Crippen LogP contribution in [0.2, 0.25) is 0 Å². The van der Waals surface area contributed by atoms with E-state index in [1.165, 1.54) is 12.8 Å². The van der Waals surface area contributed by atoms with Crippen LogP contribution in [-0.4, -0.2) is 29.8 Å². The van der Waals surface area contributed by atoms with Crippen LogP contribution >= 0.6 is 0 Å². The smallest absolute Gasteiger partial charge is 0.146 e. The van der Waals surface area contributed by atoms with Crippen molar-refractivity contribution >= 4 is 5.78 Å². The summed E-state index contributed by atoms with van der Waals surface area (Å²) >= 11 is 0. The maximum atomic E-state index is 11.7. The van der Waals surface area contributed by atoms with Gasteiger partial charge in [-0.2, -0.15) is 0 Å². The van der Waals surface area contributed by atoms with Crippen molar-refractivity contribution in [2.45, 2.75) is 72.8 Å². The number of carbonyl (C=O) groups excluding carboxylic acids is 1. The maximum absolute atomic E-state index is 11.7. The quantitative estimate of drug-likeness (QED) is 0.578. The second-order valence-electron chi connectivity index (χ2n) is 5.25. The Morgan fingerprint density at radius 1 is 1.06 bits per heavy atom. The first-order chi connectivity index (χ1) is 8.06. The Bertz CT molecular complexity index is 203. The van der Waals surface area contributed by atoms with E-state index in [0.29, 0.717) is 5.78 Å². The first kappa shape index (κ1) is 16.6. The molecule has 0 aromatic carbocycles. The van der Waals surface area contributed by atoms with E-state index in [0.717, 1.165) is 38.3 Å². The number of carbonyl (C=O) groups is 1. The minimum Gasteiger partial charge on any atom is -0.298 e. The molecule has 0 saturated carbocycles. The molecule has 0 radical (unpaired) electrons. The van der Waals surface area contributed by atoms with Crippen LogP contribution in [0, 0.1) is 5.92 Å². The SMILES string of the molecule is CCCC(C(C)=O)N(CCC)CCC(C)CC. The summed E-state index contributed by atoms with van der Waals surface area (Å²) in [5, 5.41) is 0. The topological polar surface area (TPSA) is 20.3 Å². The second kappa shape index (κ2) is 9.64. The average Bonchev–Trinajstić information content (AvgIpc) is 2.31. The molecule has 102 valence electrons. The molecule has 0 heterocycles. The molecule has 0 aromatic heterocycles. The van der Waals surface area contributed by atoms with E-state index in [1.807, 2.05) is 0 Å². The molecule has 0 aliphatic heterocycles. The first-order valence-electron chi connectivity index (χ1n) is 7.31. The Balaban J connectivity index is 4.39. The van der Waals surface area contributed by atoms with E-state index in [2.05, 4.69) is 32.6 Å². The van der Waals surface area contributed by atoms with E-state index in [4.69, 9.17) is 0 Å². The van der Waals surface area contributed by atoms with Gasteiger partial charge in [0.05, 0.1) is 6.04 Å². The standard InChI is InChI=1S/C15H31NO/c1-6-9-15(14(5)17)16(11-7-2)12-10-13(4)8-3/h13,15H,6-12H2,1-5H3. The van der Waals surface area contributed by atoms with Gasteiger partial charge < -0.3 is 0 Å². The van der Waals surface area contributed by atoms with Crippen LogP contribution in [0.15, 0.2) is 0 Å².